The lowest BCUT2D eigenvalue weighted by Crippen LogP contribution is -2.20. The van der Waals surface area contributed by atoms with Crippen LogP contribution >= 0.6 is 0 Å². The van der Waals surface area contributed by atoms with Gasteiger partial charge in [0.2, 0.25) is 5.88 Å². The highest BCUT2D eigenvalue weighted by molar-refractivity contribution is 6.00. The fourth-order valence-electron chi connectivity index (χ4n) is 2.86. The number of nitrogens with one attached hydrogen (secondary N) is 2. The molecule has 0 atom stereocenters. The van der Waals surface area contributed by atoms with E-state index >= 15 is 0 Å². The second-order valence-electron chi connectivity index (χ2n) is 6.40. The van der Waals surface area contributed by atoms with Gasteiger partial charge in [-0.05, 0) is 54.4 Å². The molecule has 4 rings (SSSR count). The lowest BCUT2D eigenvalue weighted by molar-refractivity contribution is 0.262. The summed E-state index contributed by atoms with van der Waals surface area (Å²) in [5.74, 6) is 1.54. The van der Waals surface area contributed by atoms with Crippen molar-refractivity contribution in [3.05, 3.63) is 84.7 Å². The summed E-state index contributed by atoms with van der Waals surface area (Å²) in [5, 5.41) is 17.9. The molecule has 0 saturated heterocycles. The van der Waals surface area contributed by atoms with E-state index in [2.05, 4.69) is 25.9 Å². The predicted molar refractivity (Wildman–Crippen MR) is 114 cm³/mol. The number of para-hydroxylation sites is 1. The summed E-state index contributed by atoms with van der Waals surface area (Å²) in [6.45, 7) is 2.05. The summed E-state index contributed by atoms with van der Waals surface area (Å²) in [6.07, 6.45) is 4.30. The standard InChI is InChI=1S/C22H20N6O2/c1-2-16-6-3-4-7-19(16)25-22(29)24-17-8-10-18(11-9-17)30-21-13-12-20(26-27-21)28-15-5-14-23-28/h3-15H,2H2,1H3,(H2,24,25,29). The first-order chi connectivity index (χ1) is 14.7. The predicted octanol–water partition coefficient (Wildman–Crippen LogP) is 4.66. The molecule has 2 aromatic heterocycles. The van der Waals surface area contributed by atoms with E-state index in [1.807, 2.05) is 37.3 Å². The van der Waals surface area contributed by atoms with Crippen LogP contribution < -0.4 is 15.4 Å². The number of nitrogens with zero attached hydrogens (tertiary/aromatic N) is 4. The zero-order chi connectivity index (χ0) is 20.8. The minimum absolute atomic E-state index is 0.301. The van der Waals surface area contributed by atoms with Crippen molar-refractivity contribution in [2.45, 2.75) is 13.3 Å². The molecule has 30 heavy (non-hydrogen) atoms. The second-order valence-corrected chi connectivity index (χ2v) is 6.40. The lowest BCUT2D eigenvalue weighted by atomic mass is 10.1. The van der Waals surface area contributed by atoms with Crippen LogP contribution in [0, 0.1) is 0 Å². The van der Waals surface area contributed by atoms with Crippen molar-refractivity contribution >= 4 is 17.4 Å². The maximum atomic E-state index is 12.3. The van der Waals surface area contributed by atoms with E-state index in [4.69, 9.17) is 4.74 Å². The van der Waals surface area contributed by atoms with Gasteiger partial charge in [-0.3, -0.25) is 0 Å². The van der Waals surface area contributed by atoms with E-state index in [1.54, 1.807) is 53.5 Å². The summed E-state index contributed by atoms with van der Waals surface area (Å²) in [7, 11) is 0. The number of ether oxygens (including phenoxy) is 1. The smallest absolute Gasteiger partial charge is 0.323 e. The van der Waals surface area contributed by atoms with Gasteiger partial charge in [0.1, 0.15) is 5.75 Å². The maximum Gasteiger partial charge on any atom is 0.323 e. The van der Waals surface area contributed by atoms with Crippen LogP contribution in [0.5, 0.6) is 11.6 Å². The Bertz CT molecular complexity index is 1110. The van der Waals surface area contributed by atoms with Crippen molar-refractivity contribution in [2.75, 3.05) is 10.6 Å². The van der Waals surface area contributed by atoms with Gasteiger partial charge < -0.3 is 15.4 Å². The fourth-order valence-corrected chi connectivity index (χ4v) is 2.86. The topological polar surface area (TPSA) is 94.0 Å². The quantitative estimate of drug-likeness (QED) is 0.491. The van der Waals surface area contributed by atoms with Crippen LogP contribution in [0.3, 0.4) is 0 Å². The SMILES string of the molecule is CCc1ccccc1NC(=O)Nc1ccc(Oc2ccc(-n3cccn3)nn2)cc1. The van der Waals surface area contributed by atoms with Crippen LogP contribution in [-0.2, 0) is 6.42 Å². The number of benzene rings is 2. The largest absolute Gasteiger partial charge is 0.438 e. The number of amides is 2. The molecular formula is C22H20N6O2. The summed E-state index contributed by atoms with van der Waals surface area (Å²) in [4.78, 5) is 12.3. The Labute approximate surface area is 173 Å². The third kappa shape index (κ3) is 4.61. The van der Waals surface area contributed by atoms with Crippen molar-refractivity contribution in [3.8, 4) is 17.4 Å². The van der Waals surface area contributed by atoms with Crippen LogP contribution in [-0.4, -0.2) is 26.0 Å². The zero-order valence-corrected chi connectivity index (χ0v) is 16.3. The molecule has 2 N–H and O–H groups in total. The van der Waals surface area contributed by atoms with E-state index in [0.717, 1.165) is 17.7 Å². The molecule has 0 radical (unpaired) electrons. The van der Waals surface area contributed by atoms with Gasteiger partial charge in [0.05, 0.1) is 0 Å². The monoisotopic (exact) mass is 400 g/mol. The van der Waals surface area contributed by atoms with Crippen molar-refractivity contribution in [1.82, 2.24) is 20.0 Å². The first-order valence-electron chi connectivity index (χ1n) is 9.49. The third-order valence-electron chi connectivity index (χ3n) is 4.35. The number of urea groups is 1. The zero-order valence-electron chi connectivity index (χ0n) is 16.3. The highest BCUT2D eigenvalue weighted by Gasteiger charge is 2.07. The van der Waals surface area contributed by atoms with E-state index in [1.165, 1.54) is 0 Å². The molecule has 0 aliphatic heterocycles. The molecule has 8 heteroatoms. The van der Waals surface area contributed by atoms with Gasteiger partial charge in [-0.15, -0.1) is 10.2 Å². The number of aryl methyl sites for hydroxylation is 1. The Morgan fingerprint density at radius 2 is 1.80 bits per heavy atom. The molecule has 150 valence electrons. The molecule has 0 aliphatic carbocycles. The average molecular weight is 400 g/mol. The molecule has 2 aromatic carbocycles. The number of hydrogen-bond acceptors (Lipinski definition) is 5. The summed E-state index contributed by atoms with van der Waals surface area (Å²) in [5.41, 5.74) is 2.53. The molecule has 0 aliphatic rings. The van der Waals surface area contributed by atoms with E-state index in [9.17, 15) is 4.79 Å². The highest BCUT2D eigenvalue weighted by atomic mass is 16.5. The number of anilines is 2. The van der Waals surface area contributed by atoms with Gasteiger partial charge >= 0.3 is 6.03 Å². The molecule has 0 bridgehead atoms. The molecule has 0 spiro atoms. The lowest BCUT2D eigenvalue weighted by Gasteiger charge is -2.11. The number of carbonyl (C=O) groups is 1. The van der Waals surface area contributed by atoms with E-state index < -0.39 is 0 Å². The van der Waals surface area contributed by atoms with Crippen molar-refractivity contribution in [3.63, 3.8) is 0 Å². The van der Waals surface area contributed by atoms with Crippen LogP contribution in [0.1, 0.15) is 12.5 Å². The van der Waals surface area contributed by atoms with Gasteiger partial charge in [-0.1, -0.05) is 25.1 Å². The molecule has 8 nitrogen and oxygen atoms in total. The Morgan fingerprint density at radius 3 is 2.50 bits per heavy atom. The molecule has 4 aromatic rings. The van der Waals surface area contributed by atoms with E-state index in [-0.39, 0.29) is 6.03 Å². The maximum absolute atomic E-state index is 12.3. The normalized spacial score (nSPS) is 10.4. The first kappa shape index (κ1) is 19.1. The third-order valence-corrected chi connectivity index (χ3v) is 4.35. The van der Waals surface area contributed by atoms with Crippen LogP contribution in [0.2, 0.25) is 0 Å². The van der Waals surface area contributed by atoms with Gasteiger partial charge in [0.15, 0.2) is 5.82 Å². The van der Waals surface area contributed by atoms with Gasteiger partial charge in [-0.2, -0.15) is 5.10 Å². The van der Waals surface area contributed by atoms with Crippen molar-refractivity contribution in [1.29, 1.82) is 0 Å². The van der Waals surface area contributed by atoms with Gasteiger partial charge in [-0.25, -0.2) is 9.48 Å². The Hall–Kier alpha value is -4.20. The number of aromatic nitrogens is 4. The summed E-state index contributed by atoms with van der Waals surface area (Å²) >= 11 is 0. The van der Waals surface area contributed by atoms with Crippen LogP contribution in [0.15, 0.2) is 79.1 Å². The summed E-state index contributed by atoms with van der Waals surface area (Å²) < 4.78 is 7.32. The number of carbonyl (C=O) groups excluding carboxylic acids is 1. The molecular weight excluding hydrogens is 380 g/mol. The Balaban J connectivity index is 1.35. The molecule has 2 amide bonds. The van der Waals surface area contributed by atoms with Crippen LogP contribution in [0.25, 0.3) is 5.82 Å². The molecule has 2 heterocycles. The van der Waals surface area contributed by atoms with E-state index in [0.29, 0.717) is 23.1 Å². The number of rotatable bonds is 6. The van der Waals surface area contributed by atoms with Gasteiger partial charge in [0.25, 0.3) is 0 Å². The summed E-state index contributed by atoms with van der Waals surface area (Å²) in [6, 6.07) is 19.7. The average Bonchev–Trinajstić information content (AvgIpc) is 3.31. The first-order valence-corrected chi connectivity index (χ1v) is 9.49. The van der Waals surface area contributed by atoms with Gasteiger partial charge in [0, 0.05) is 29.8 Å². The molecule has 0 saturated carbocycles. The highest BCUT2D eigenvalue weighted by Crippen LogP contribution is 2.22. The molecule has 0 fully saturated rings. The Morgan fingerprint density at radius 1 is 0.967 bits per heavy atom. The van der Waals surface area contributed by atoms with Crippen molar-refractivity contribution < 1.29 is 9.53 Å². The van der Waals surface area contributed by atoms with Crippen LogP contribution in [0.4, 0.5) is 16.2 Å². The second kappa shape index (κ2) is 8.87. The fraction of sp³-hybridized carbons (Fsp3) is 0.0909. The minimum Gasteiger partial charge on any atom is -0.438 e. The molecule has 0 unspecified atom stereocenters. The number of hydrogen-bond donors (Lipinski definition) is 2. The Kier molecular flexibility index (Phi) is 5.66. The van der Waals surface area contributed by atoms with Crippen molar-refractivity contribution in [2.24, 2.45) is 0 Å². The minimum atomic E-state index is -0.301.